The smallest absolute Gasteiger partial charge is 0.183 e. The van der Waals surface area contributed by atoms with E-state index in [9.17, 15) is 0 Å². The molecule has 0 spiro atoms. The lowest BCUT2D eigenvalue weighted by atomic mass is 11.8. The van der Waals surface area contributed by atoms with E-state index >= 15 is 0 Å². The predicted molar refractivity (Wildman–Crippen MR) is 66.3 cm³/mol. The molecule has 0 aromatic heterocycles. The average molecular weight is 229 g/mol. The molecule has 0 aromatic carbocycles. The summed E-state index contributed by atoms with van der Waals surface area (Å²) in [5, 5.41) is 0. The highest BCUT2D eigenvalue weighted by Crippen LogP contribution is 2.03. The van der Waals surface area contributed by atoms with Crippen LogP contribution in [0, 0.1) is 0 Å². The molecule has 12 heavy (non-hydrogen) atoms. The van der Waals surface area contributed by atoms with Crippen LogP contribution in [-0.4, -0.2) is 22.8 Å². The van der Waals surface area contributed by atoms with E-state index in [2.05, 4.69) is 39.3 Å². The quantitative estimate of drug-likeness (QED) is 0.484. The monoisotopic (exact) mass is 228 g/mol. The van der Waals surface area contributed by atoms with Crippen molar-refractivity contribution < 1.29 is 4.43 Å². The summed E-state index contributed by atoms with van der Waals surface area (Å²) >= 11 is 5.67. The van der Waals surface area contributed by atoms with Crippen molar-refractivity contribution in [3.8, 4) is 0 Å². The summed E-state index contributed by atoms with van der Waals surface area (Å²) in [7, 11) is -0.500. The fourth-order valence-electron chi connectivity index (χ4n) is 0. The summed E-state index contributed by atoms with van der Waals surface area (Å²) in [6.07, 6.45) is 0. The largest absolute Gasteiger partial charge is 0.421 e. The van der Waals surface area contributed by atoms with Gasteiger partial charge in [0.15, 0.2) is 8.32 Å². The Labute approximate surface area is 85.3 Å². The van der Waals surface area contributed by atoms with Crippen molar-refractivity contribution in [2.45, 2.75) is 46.7 Å². The van der Waals surface area contributed by atoms with Crippen molar-refractivity contribution in [2.75, 3.05) is 7.11 Å². The van der Waals surface area contributed by atoms with Crippen LogP contribution in [0.25, 0.3) is 0 Å². The number of halogens is 1. The standard InChI is InChI=1S/C4H12OSi.C3H9ClSi.CH4/c1-5-6(2,3)4;1-5(2,3)4;/h1-4H3;1-3H3;1H4. The van der Waals surface area contributed by atoms with Crippen LogP contribution < -0.4 is 0 Å². The number of hydrogen-bond acceptors (Lipinski definition) is 1. The van der Waals surface area contributed by atoms with E-state index in [4.69, 9.17) is 15.5 Å². The van der Waals surface area contributed by atoms with Crippen LogP contribution in [0.1, 0.15) is 7.43 Å². The topological polar surface area (TPSA) is 9.23 Å². The lowest BCUT2D eigenvalue weighted by Gasteiger charge is -2.10. The molecule has 0 unspecified atom stereocenters. The van der Waals surface area contributed by atoms with E-state index in [1.807, 2.05) is 0 Å². The molecule has 0 aromatic rings. The summed E-state index contributed by atoms with van der Waals surface area (Å²) < 4.78 is 5.08. The van der Waals surface area contributed by atoms with Gasteiger partial charge >= 0.3 is 0 Å². The van der Waals surface area contributed by atoms with Gasteiger partial charge in [0.05, 0.1) is 0 Å². The highest BCUT2D eigenvalue weighted by molar-refractivity contribution is 7.18. The molecule has 0 saturated carbocycles. The zero-order valence-electron chi connectivity index (χ0n) is 8.79. The summed E-state index contributed by atoms with van der Waals surface area (Å²) in [6.45, 7) is 12.8. The van der Waals surface area contributed by atoms with Gasteiger partial charge in [-0.15, -0.1) is 0 Å². The van der Waals surface area contributed by atoms with Gasteiger partial charge < -0.3 is 4.43 Å². The molecule has 0 fully saturated rings. The van der Waals surface area contributed by atoms with E-state index in [1.54, 1.807) is 7.11 Å². The lowest BCUT2D eigenvalue weighted by Crippen LogP contribution is -2.22. The molecule has 0 N–H and O–H groups in total. The van der Waals surface area contributed by atoms with Gasteiger partial charge in [-0.1, -0.05) is 27.1 Å². The lowest BCUT2D eigenvalue weighted by molar-refractivity contribution is 0.411. The molecule has 1 nitrogen and oxygen atoms in total. The molecule has 78 valence electrons. The van der Waals surface area contributed by atoms with E-state index in [0.29, 0.717) is 0 Å². The Morgan fingerprint density at radius 1 is 0.917 bits per heavy atom. The van der Waals surface area contributed by atoms with Crippen LogP contribution in [-0.2, 0) is 4.43 Å². The van der Waals surface area contributed by atoms with Crippen LogP contribution in [0.15, 0.2) is 0 Å². The molecule has 0 aliphatic carbocycles. The molecule has 0 radical (unpaired) electrons. The first-order valence-electron chi connectivity index (χ1n) is 3.80. The second kappa shape index (κ2) is 7.12. The number of hydrogen-bond donors (Lipinski definition) is 0. The van der Waals surface area contributed by atoms with Gasteiger partial charge in [0.25, 0.3) is 0 Å². The van der Waals surface area contributed by atoms with Gasteiger partial charge in [0.1, 0.15) is 7.38 Å². The Kier molecular flexibility index (Phi) is 11.0. The first-order chi connectivity index (χ1) is 4.56. The molecule has 0 amide bonds. The minimum Gasteiger partial charge on any atom is -0.421 e. The minimum absolute atomic E-state index is 0. The summed E-state index contributed by atoms with van der Waals surface area (Å²) in [5.74, 6) is 0. The Hall–Kier alpha value is 0.684. The minimum atomic E-state index is -1.14. The van der Waals surface area contributed by atoms with E-state index in [1.165, 1.54) is 0 Å². The SMILES string of the molecule is C.CO[Si](C)(C)C.C[Si](C)(C)Cl. The maximum atomic E-state index is 5.67. The Bertz CT molecular complexity index is 88.2. The van der Waals surface area contributed by atoms with Gasteiger partial charge in [-0.05, 0) is 19.6 Å². The van der Waals surface area contributed by atoms with Crippen LogP contribution in [0.2, 0.25) is 39.3 Å². The number of rotatable bonds is 1. The van der Waals surface area contributed by atoms with Crippen LogP contribution in [0.3, 0.4) is 0 Å². The highest BCUT2D eigenvalue weighted by Gasteiger charge is 2.09. The van der Waals surface area contributed by atoms with Gasteiger partial charge in [-0.3, -0.25) is 0 Å². The van der Waals surface area contributed by atoms with Gasteiger partial charge in [0, 0.05) is 7.11 Å². The molecule has 4 heteroatoms. The van der Waals surface area contributed by atoms with Crippen LogP contribution in [0.5, 0.6) is 0 Å². The van der Waals surface area contributed by atoms with Gasteiger partial charge in [-0.2, -0.15) is 11.1 Å². The fourth-order valence-corrected chi connectivity index (χ4v) is 0. The molecule has 0 rings (SSSR count). The van der Waals surface area contributed by atoms with E-state index in [0.717, 1.165) is 0 Å². The predicted octanol–water partition coefficient (Wildman–Crippen LogP) is 4.16. The van der Waals surface area contributed by atoms with Crippen LogP contribution in [0.4, 0.5) is 0 Å². The Morgan fingerprint density at radius 3 is 1.00 bits per heavy atom. The molecule has 0 bridgehead atoms. The molecular weight excluding hydrogens is 204 g/mol. The van der Waals surface area contributed by atoms with Gasteiger partial charge in [0.2, 0.25) is 0 Å². The van der Waals surface area contributed by atoms with Crippen molar-refractivity contribution in [1.29, 1.82) is 0 Å². The third-order valence-electron chi connectivity index (χ3n) is 0.612. The molecular formula is C8H25ClOSi2. The first-order valence-corrected chi connectivity index (χ1v) is 11.7. The highest BCUT2D eigenvalue weighted by atomic mass is 35.6. The van der Waals surface area contributed by atoms with Crippen molar-refractivity contribution in [2.24, 2.45) is 0 Å². The summed E-state index contributed by atoms with van der Waals surface area (Å²) in [5.41, 5.74) is 0. The second-order valence-electron chi connectivity index (χ2n) is 4.38. The molecule has 0 aliphatic heterocycles. The van der Waals surface area contributed by atoms with Crippen molar-refractivity contribution in [3.05, 3.63) is 0 Å². The van der Waals surface area contributed by atoms with Crippen molar-refractivity contribution in [1.82, 2.24) is 0 Å². The fraction of sp³-hybridized carbons (Fsp3) is 1.00. The second-order valence-corrected chi connectivity index (χ2v) is 16.6. The molecule has 0 aliphatic rings. The van der Waals surface area contributed by atoms with Crippen LogP contribution >= 0.6 is 11.1 Å². The van der Waals surface area contributed by atoms with E-state index < -0.39 is 15.7 Å². The Morgan fingerprint density at radius 2 is 1.00 bits per heavy atom. The van der Waals surface area contributed by atoms with Crippen molar-refractivity contribution >= 4 is 26.8 Å². The zero-order chi connectivity index (χ0) is 9.71. The Balaban J connectivity index is -0.000000126. The first kappa shape index (κ1) is 18.5. The van der Waals surface area contributed by atoms with Gasteiger partial charge in [-0.25, -0.2) is 0 Å². The molecule has 0 heterocycles. The summed E-state index contributed by atoms with van der Waals surface area (Å²) in [4.78, 5) is 0. The maximum absolute atomic E-state index is 5.67. The summed E-state index contributed by atoms with van der Waals surface area (Å²) in [6, 6.07) is 0. The normalized spacial score (nSPS) is 11.0. The van der Waals surface area contributed by atoms with Crippen molar-refractivity contribution in [3.63, 3.8) is 0 Å². The third kappa shape index (κ3) is 73.8. The zero-order valence-corrected chi connectivity index (χ0v) is 11.5. The molecule has 0 atom stereocenters. The molecule has 0 saturated heterocycles. The maximum Gasteiger partial charge on any atom is 0.183 e. The third-order valence-corrected chi connectivity index (χ3v) is 1.84. The average Bonchev–Trinajstić information content (AvgIpc) is 1.59. The van der Waals surface area contributed by atoms with E-state index in [-0.39, 0.29) is 7.43 Å².